The summed E-state index contributed by atoms with van der Waals surface area (Å²) in [5, 5.41) is 9.17. The van der Waals surface area contributed by atoms with E-state index in [2.05, 4.69) is 5.43 Å². The molecule has 12 heavy (non-hydrogen) atoms. The Morgan fingerprint density at radius 3 is 2.75 bits per heavy atom. The van der Waals surface area contributed by atoms with Crippen LogP contribution in [0, 0.1) is 18.3 Å². The first-order valence-corrected chi connectivity index (χ1v) is 3.74. The van der Waals surface area contributed by atoms with E-state index in [9.17, 15) is 0 Å². The maximum absolute atomic E-state index is 8.72. The van der Waals surface area contributed by atoms with E-state index in [1.165, 1.54) is 0 Å². The van der Waals surface area contributed by atoms with Crippen LogP contribution < -0.4 is 11.3 Å². The molecule has 0 aromatic heterocycles. The summed E-state index contributed by atoms with van der Waals surface area (Å²) in [7, 11) is 0. The number of nitrogens with zero attached hydrogens (tertiary/aromatic N) is 1. The molecule has 1 rings (SSSR count). The lowest BCUT2D eigenvalue weighted by Crippen LogP contribution is -2.08. The fourth-order valence-electron chi connectivity index (χ4n) is 0.972. The Labute approximate surface area is 75.7 Å². The van der Waals surface area contributed by atoms with Crippen molar-refractivity contribution in [3.05, 3.63) is 28.3 Å². The second-order valence-electron chi connectivity index (χ2n) is 2.35. The number of hydrogen-bond donors (Lipinski definition) is 2. The van der Waals surface area contributed by atoms with Crippen molar-refractivity contribution < 1.29 is 0 Å². The summed E-state index contributed by atoms with van der Waals surface area (Å²) in [6, 6.07) is 5.39. The summed E-state index contributed by atoms with van der Waals surface area (Å²) in [5.74, 6) is 5.22. The summed E-state index contributed by atoms with van der Waals surface area (Å²) in [5.41, 5.74) is 4.44. The normalized spacial score (nSPS) is 9.17. The molecule has 0 saturated carbocycles. The highest BCUT2D eigenvalue weighted by atomic mass is 35.5. The summed E-state index contributed by atoms with van der Waals surface area (Å²) in [4.78, 5) is 0. The number of nitrogens with two attached hydrogens (primary N) is 1. The lowest BCUT2D eigenvalue weighted by atomic mass is 10.1. The Kier molecular flexibility index (Phi) is 2.54. The molecule has 0 saturated heterocycles. The van der Waals surface area contributed by atoms with Gasteiger partial charge in [0.25, 0.3) is 0 Å². The first-order chi connectivity index (χ1) is 5.70. The number of rotatable bonds is 1. The van der Waals surface area contributed by atoms with E-state index in [1.807, 2.05) is 6.07 Å². The molecular formula is C8H8ClN3. The minimum Gasteiger partial charge on any atom is -0.324 e. The van der Waals surface area contributed by atoms with Gasteiger partial charge in [0.05, 0.1) is 16.3 Å². The molecule has 0 unspecified atom stereocenters. The molecule has 0 aliphatic rings. The SMILES string of the molecule is Cc1c(NN)ccc(Cl)c1C#N. The largest absolute Gasteiger partial charge is 0.324 e. The minimum atomic E-state index is 0.453. The molecule has 1 aromatic rings. The van der Waals surface area contributed by atoms with Crippen molar-refractivity contribution in [3.63, 3.8) is 0 Å². The Morgan fingerprint density at radius 2 is 2.25 bits per heavy atom. The number of nitrogens with one attached hydrogen (secondary N) is 1. The van der Waals surface area contributed by atoms with Crippen molar-refractivity contribution >= 4 is 17.3 Å². The van der Waals surface area contributed by atoms with E-state index >= 15 is 0 Å². The van der Waals surface area contributed by atoms with E-state index in [0.29, 0.717) is 10.6 Å². The van der Waals surface area contributed by atoms with E-state index in [4.69, 9.17) is 22.7 Å². The average Bonchev–Trinajstić information content (AvgIpc) is 2.06. The smallest absolute Gasteiger partial charge is 0.101 e. The number of anilines is 1. The number of benzene rings is 1. The molecule has 3 N–H and O–H groups in total. The van der Waals surface area contributed by atoms with Gasteiger partial charge in [0.2, 0.25) is 0 Å². The van der Waals surface area contributed by atoms with Crippen LogP contribution in [0.5, 0.6) is 0 Å². The maximum atomic E-state index is 8.72. The number of nitriles is 1. The van der Waals surface area contributed by atoms with Crippen molar-refractivity contribution in [3.8, 4) is 6.07 Å². The zero-order chi connectivity index (χ0) is 9.14. The summed E-state index contributed by atoms with van der Waals surface area (Å²) >= 11 is 5.77. The van der Waals surface area contributed by atoms with Crippen molar-refractivity contribution in [2.24, 2.45) is 5.84 Å². The highest BCUT2D eigenvalue weighted by Gasteiger charge is 2.06. The molecule has 0 atom stereocenters. The molecule has 0 spiro atoms. The van der Waals surface area contributed by atoms with Crippen molar-refractivity contribution in [2.75, 3.05) is 5.43 Å². The molecular weight excluding hydrogens is 174 g/mol. The molecule has 0 radical (unpaired) electrons. The number of hydrogen-bond acceptors (Lipinski definition) is 3. The number of hydrazine groups is 1. The molecule has 4 heteroatoms. The van der Waals surface area contributed by atoms with Gasteiger partial charge < -0.3 is 5.43 Å². The standard InChI is InChI=1S/C8H8ClN3/c1-5-6(4-10)7(9)2-3-8(5)12-11/h2-3,12H,11H2,1H3. The van der Waals surface area contributed by atoms with E-state index in [-0.39, 0.29) is 0 Å². The third kappa shape index (κ3) is 1.35. The Hall–Kier alpha value is -1.24. The summed E-state index contributed by atoms with van der Waals surface area (Å²) < 4.78 is 0. The van der Waals surface area contributed by atoms with Gasteiger partial charge in [0.15, 0.2) is 0 Å². The average molecular weight is 182 g/mol. The van der Waals surface area contributed by atoms with Crippen LogP contribution in [0.15, 0.2) is 12.1 Å². The van der Waals surface area contributed by atoms with Gasteiger partial charge in [0.1, 0.15) is 6.07 Å². The predicted octanol–water partition coefficient (Wildman–Crippen LogP) is 1.81. The zero-order valence-corrected chi connectivity index (χ0v) is 7.31. The molecule has 0 heterocycles. The fraction of sp³-hybridized carbons (Fsp3) is 0.125. The third-order valence-corrected chi connectivity index (χ3v) is 2.00. The molecule has 0 amide bonds. The Morgan fingerprint density at radius 1 is 1.58 bits per heavy atom. The quantitative estimate of drug-likeness (QED) is 0.513. The lowest BCUT2D eigenvalue weighted by Gasteiger charge is -2.06. The fourth-order valence-corrected chi connectivity index (χ4v) is 1.22. The van der Waals surface area contributed by atoms with Gasteiger partial charge in [0, 0.05) is 0 Å². The van der Waals surface area contributed by atoms with Gasteiger partial charge in [-0.25, -0.2) is 0 Å². The second-order valence-corrected chi connectivity index (χ2v) is 2.76. The molecule has 0 aliphatic heterocycles. The van der Waals surface area contributed by atoms with Gasteiger partial charge in [-0.15, -0.1) is 0 Å². The van der Waals surface area contributed by atoms with Crippen LogP contribution in [0.2, 0.25) is 5.02 Å². The topological polar surface area (TPSA) is 61.8 Å². The molecule has 3 nitrogen and oxygen atoms in total. The van der Waals surface area contributed by atoms with E-state index in [1.54, 1.807) is 19.1 Å². The summed E-state index contributed by atoms with van der Waals surface area (Å²) in [6.45, 7) is 1.79. The van der Waals surface area contributed by atoms with Gasteiger partial charge in [-0.3, -0.25) is 5.84 Å². The van der Waals surface area contributed by atoms with Crippen LogP contribution in [-0.4, -0.2) is 0 Å². The van der Waals surface area contributed by atoms with Gasteiger partial charge in [-0.2, -0.15) is 5.26 Å². The molecule has 0 bridgehead atoms. The van der Waals surface area contributed by atoms with Crippen LogP contribution in [0.1, 0.15) is 11.1 Å². The van der Waals surface area contributed by atoms with Crippen LogP contribution in [-0.2, 0) is 0 Å². The first kappa shape index (κ1) is 8.85. The van der Waals surface area contributed by atoms with Gasteiger partial charge in [-0.1, -0.05) is 11.6 Å². The van der Waals surface area contributed by atoms with E-state index < -0.39 is 0 Å². The zero-order valence-electron chi connectivity index (χ0n) is 6.56. The van der Waals surface area contributed by atoms with Crippen molar-refractivity contribution in [1.82, 2.24) is 0 Å². The first-order valence-electron chi connectivity index (χ1n) is 3.36. The monoisotopic (exact) mass is 181 g/mol. The molecule has 0 aliphatic carbocycles. The highest BCUT2D eigenvalue weighted by molar-refractivity contribution is 6.32. The van der Waals surface area contributed by atoms with Gasteiger partial charge >= 0.3 is 0 Å². The van der Waals surface area contributed by atoms with Crippen molar-refractivity contribution in [1.29, 1.82) is 5.26 Å². The van der Waals surface area contributed by atoms with Crippen LogP contribution in [0.3, 0.4) is 0 Å². The Bertz CT molecular complexity index is 341. The lowest BCUT2D eigenvalue weighted by molar-refractivity contribution is 1.29. The van der Waals surface area contributed by atoms with E-state index in [0.717, 1.165) is 11.3 Å². The van der Waals surface area contributed by atoms with Crippen LogP contribution in [0.4, 0.5) is 5.69 Å². The molecule has 62 valence electrons. The summed E-state index contributed by atoms with van der Waals surface area (Å²) in [6.07, 6.45) is 0. The second kappa shape index (κ2) is 3.44. The predicted molar refractivity (Wildman–Crippen MR) is 48.7 cm³/mol. The van der Waals surface area contributed by atoms with Crippen molar-refractivity contribution in [2.45, 2.75) is 6.92 Å². The maximum Gasteiger partial charge on any atom is 0.101 e. The Balaban J connectivity index is 3.36. The number of nitrogen functional groups attached to an aromatic ring is 1. The molecule has 0 fully saturated rings. The number of halogens is 1. The highest BCUT2D eigenvalue weighted by Crippen LogP contribution is 2.24. The minimum absolute atomic E-state index is 0.453. The molecule has 1 aromatic carbocycles. The van der Waals surface area contributed by atoms with Crippen LogP contribution in [0.25, 0.3) is 0 Å². The van der Waals surface area contributed by atoms with Crippen LogP contribution >= 0.6 is 11.6 Å². The third-order valence-electron chi connectivity index (χ3n) is 1.68. The van der Waals surface area contributed by atoms with Gasteiger partial charge in [-0.05, 0) is 24.6 Å².